The van der Waals surface area contributed by atoms with Gasteiger partial charge in [0.25, 0.3) is 0 Å². The van der Waals surface area contributed by atoms with Crippen LogP contribution in [0.1, 0.15) is 44.5 Å². The van der Waals surface area contributed by atoms with E-state index in [1.807, 2.05) is 0 Å². The zero-order chi connectivity index (χ0) is 50.4. The summed E-state index contributed by atoms with van der Waals surface area (Å²) >= 11 is 0. The number of para-hydroxylation sites is 5. The maximum absolute atomic E-state index is 2.53. The van der Waals surface area contributed by atoms with E-state index in [-0.39, 0.29) is 0 Å². The predicted octanol–water partition coefficient (Wildman–Crippen LogP) is 18.4. The molecule has 3 nitrogen and oxygen atoms in total. The van der Waals surface area contributed by atoms with Crippen LogP contribution >= 0.6 is 0 Å². The first-order chi connectivity index (χ1) is 38.2. The Morgan fingerprint density at radius 3 is 1.31 bits per heavy atom. The van der Waals surface area contributed by atoms with Gasteiger partial charge in [-0.1, -0.05) is 212 Å². The van der Waals surface area contributed by atoms with Gasteiger partial charge >= 0.3 is 0 Å². The molecule has 0 fully saturated rings. The van der Waals surface area contributed by atoms with E-state index in [0.717, 1.165) is 22.7 Å². The second-order valence-electron chi connectivity index (χ2n) is 21.1. The summed E-state index contributed by atoms with van der Waals surface area (Å²) < 4.78 is 4.94. The van der Waals surface area contributed by atoms with Crippen LogP contribution in [-0.2, 0) is 10.8 Å². The number of hydrogen-bond acceptors (Lipinski definition) is 1. The van der Waals surface area contributed by atoms with E-state index >= 15 is 0 Å². The fourth-order valence-corrected chi connectivity index (χ4v) is 14.7. The lowest BCUT2D eigenvalue weighted by atomic mass is 9.65. The number of anilines is 3. The molecule has 1 unspecified atom stereocenters. The lowest BCUT2D eigenvalue weighted by molar-refractivity contribution is 0.748. The Morgan fingerprint density at radius 2 is 0.688 bits per heavy atom. The van der Waals surface area contributed by atoms with Crippen LogP contribution in [0.4, 0.5) is 17.1 Å². The number of aromatic nitrogens is 2. The first kappa shape index (κ1) is 42.4. The predicted molar refractivity (Wildman–Crippen MR) is 318 cm³/mol. The summed E-state index contributed by atoms with van der Waals surface area (Å²) in [6, 6.07) is 107. The zero-order valence-corrected chi connectivity index (χ0v) is 42.0. The Balaban J connectivity index is 0.905. The molecule has 2 aliphatic carbocycles. The molecule has 1 spiro atoms. The summed E-state index contributed by atoms with van der Waals surface area (Å²) in [6.45, 7) is 0. The topological polar surface area (TPSA) is 13.1 Å². The van der Waals surface area contributed by atoms with Gasteiger partial charge in [0.1, 0.15) is 0 Å². The van der Waals surface area contributed by atoms with Crippen LogP contribution in [0.15, 0.2) is 285 Å². The molecule has 77 heavy (non-hydrogen) atoms. The minimum absolute atomic E-state index is 0.509. The van der Waals surface area contributed by atoms with Crippen LogP contribution < -0.4 is 4.90 Å². The van der Waals surface area contributed by atoms with E-state index in [9.17, 15) is 0 Å². The minimum Gasteiger partial charge on any atom is -0.310 e. The van der Waals surface area contributed by atoms with Gasteiger partial charge in [-0.25, -0.2) is 0 Å². The highest BCUT2D eigenvalue weighted by atomic mass is 15.1. The summed E-state index contributed by atoms with van der Waals surface area (Å²) in [5.41, 5.74) is 24.8. The Morgan fingerprint density at radius 1 is 0.260 bits per heavy atom. The zero-order valence-electron chi connectivity index (χ0n) is 42.0. The standard InChI is InChI=1S/C74H47N3/c1-2-19-48(20-3-1)73(62-28-10-4-21-54(62)55-22-5-11-29-63(55)73)49-37-39-50(40-38-49)75(51-41-43-52(44-42-51)76-68-33-14-7-24-58(68)59-25-8-15-34-69(59)76)53-45-46-57-56-23-6-12-30-64(56)74(67(57)47-53)65-31-13-17-36-71(65)77-70-35-16-9-26-60(70)61-27-18-32-66(74)72(61)77/h1-47H. The second kappa shape index (κ2) is 15.8. The average Bonchev–Trinajstić information content (AvgIpc) is 4.35. The molecule has 2 aromatic heterocycles. The molecule has 3 heterocycles. The summed E-state index contributed by atoms with van der Waals surface area (Å²) in [4.78, 5) is 2.48. The van der Waals surface area contributed by atoms with Crippen LogP contribution in [0.25, 0.3) is 77.2 Å². The minimum atomic E-state index is -0.594. The van der Waals surface area contributed by atoms with E-state index in [1.165, 1.54) is 116 Å². The summed E-state index contributed by atoms with van der Waals surface area (Å²) in [6.07, 6.45) is 0. The molecule has 3 aliphatic rings. The quantitative estimate of drug-likeness (QED) is 0.162. The summed E-state index contributed by atoms with van der Waals surface area (Å²) in [5.74, 6) is 0. The van der Waals surface area contributed by atoms with Crippen molar-refractivity contribution >= 4 is 60.7 Å². The lowest BCUT2D eigenvalue weighted by Crippen LogP contribution is -2.33. The van der Waals surface area contributed by atoms with Gasteiger partial charge in [0.15, 0.2) is 0 Å². The Bertz CT molecular complexity index is 4650. The van der Waals surface area contributed by atoms with Crippen molar-refractivity contribution in [2.24, 2.45) is 0 Å². The first-order valence-corrected chi connectivity index (χ1v) is 26.8. The monoisotopic (exact) mass is 977 g/mol. The van der Waals surface area contributed by atoms with E-state index < -0.39 is 10.8 Å². The van der Waals surface area contributed by atoms with Crippen LogP contribution in [0.5, 0.6) is 0 Å². The van der Waals surface area contributed by atoms with Crippen molar-refractivity contribution in [3.63, 3.8) is 0 Å². The molecule has 12 aromatic carbocycles. The average molecular weight is 978 g/mol. The molecule has 17 rings (SSSR count). The maximum atomic E-state index is 2.53. The van der Waals surface area contributed by atoms with Gasteiger partial charge in [0.2, 0.25) is 0 Å². The van der Waals surface area contributed by atoms with Crippen molar-refractivity contribution in [1.82, 2.24) is 9.13 Å². The third-order valence-electron chi connectivity index (χ3n) is 17.6. The molecule has 1 atom stereocenters. The third kappa shape index (κ3) is 5.49. The van der Waals surface area contributed by atoms with Gasteiger partial charge in [0, 0.05) is 44.3 Å². The van der Waals surface area contributed by atoms with E-state index in [2.05, 4.69) is 299 Å². The van der Waals surface area contributed by atoms with Crippen molar-refractivity contribution in [1.29, 1.82) is 0 Å². The van der Waals surface area contributed by atoms with Gasteiger partial charge in [-0.05, 0) is 140 Å². The highest BCUT2D eigenvalue weighted by Crippen LogP contribution is 2.62. The number of rotatable bonds is 6. The third-order valence-corrected chi connectivity index (χ3v) is 17.6. The molecule has 0 N–H and O–H groups in total. The smallest absolute Gasteiger partial charge is 0.0755 e. The molecular weight excluding hydrogens is 931 g/mol. The van der Waals surface area contributed by atoms with Crippen LogP contribution in [0.3, 0.4) is 0 Å². The van der Waals surface area contributed by atoms with Gasteiger partial charge in [-0.3, -0.25) is 0 Å². The van der Waals surface area contributed by atoms with Crippen LogP contribution in [-0.4, -0.2) is 9.13 Å². The number of hydrogen-bond donors (Lipinski definition) is 0. The Labute approximate surface area is 446 Å². The molecular formula is C74H47N3. The molecule has 358 valence electrons. The van der Waals surface area contributed by atoms with Crippen molar-refractivity contribution in [2.45, 2.75) is 10.8 Å². The SMILES string of the molecule is c1ccc(C2(c3ccc(N(c4ccc(-n5c6ccccc6c6ccccc65)cc4)c4ccc5c(c4)C4(c6ccccc6-5)c5ccccc5-n5c6ccccc6c6cccc4c65)cc3)c3ccccc3-c3ccccc32)cc1. The van der Waals surface area contributed by atoms with Gasteiger partial charge in [0.05, 0.1) is 38.6 Å². The molecule has 0 saturated heterocycles. The Kier molecular flexibility index (Phi) is 8.69. The largest absolute Gasteiger partial charge is 0.310 e. The number of nitrogens with zero attached hydrogens (tertiary/aromatic N) is 3. The fourth-order valence-electron chi connectivity index (χ4n) is 14.7. The molecule has 0 amide bonds. The Hall–Kier alpha value is -9.96. The van der Waals surface area contributed by atoms with Crippen molar-refractivity contribution in [3.8, 4) is 33.6 Å². The van der Waals surface area contributed by atoms with Crippen LogP contribution in [0.2, 0.25) is 0 Å². The lowest BCUT2D eigenvalue weighted by Gasteiger charge is -2.40. The summed E-state index contributed by atoms with van der Waals surface area (Å²) in [7, 11) is 0. The normalized spacial score (nSPS) is 15.2. The number of fused-ring (bicyclic) bond motifs is 18. The maximum Gasteiger partial charge on any atom is 0.0755 e. The summed E-state index contributed by atoms with van der Waals surface area (Å²) in [5, 5.41) is 5.06. The molecule has 0 bridgehead atoms. The second-order valence-corrected chi connectivity index (χ2v) is 21.1. The molecule has 1 aliphatic heterocycles. The highest BCUT2D eigenvalue weighted by Gasteiger charge is 2.51. The molecule has 0 saturated carbocycles. The van der Waals surface area contributed by atoms with Gasteiger partial charge in [-0.2, -0.15) is 0 Å². The number of benzene rings is 12. The van der Waals surface area contributed by atoms with E-state index in [4.69, 9.17) is 0 Å². The van der Waals surface area contributed by atoms with Crippen LogP contribution in [0, 0.1) is 0 Å². The molecule has 0 radical (unpaired) electrons. The van der Waals surface area contributed by atoms with E-state index in [0.29, 0.717) is 0 Å². The first-order valence-electron chi connectivity index (χ1n) is 26.8. The molecule has 14 aromatic rings. The molecule has 3 heteroatoms. The fraction of sp³-hybridized carbons (Fsp3) is 0.0270. The van der Waals surface area contributed by atoms with E-state index in [1.54, 1.807) is 0 Å². The highest BCUT2D eigenvalue weighted by molar-refractivity contribution is 6.13. The van der Waals surface area contributed by atoms with Crippen molar-refractivity contribution < 1.29 is 0 Å². The van der Waals surface area contributed by atoms with Crippen molar-refractivity contribution in [2.75, 3.05) is 4.90 Å². The van der Waals surface area contributed by atoms with Gasteiger partial charge < -0.3 is 14.0 Å². The van der Waals surface area contributed by atoms with Gasteiger partial charge in [-0.15, -0.1) is 0 Å². The van der Waals surface area contributed by atoms with Crippen molar-refractivity contribution in [3.05, 3.63) is 330 Å².